The van der Waals surface area contributed by atoms with Gasteiger partial charge in [-0.1, -0.05) is 12.8 Å². The summed E-state index contributed by atoms with van der Waals surface area (Å²) in [6, 6.07) is 5.38. The predicted molar refractivity (Wildman–Crippen MR) is 126 cm³/mol. The van der Waals surface area contributed by atoms with Crippen molar-refractivity contribution in [2.75, 3.05) is 41.3 Å². The van der Waals surface area contributed by atoms with Gasteiger partial charge in [0.25, 0.3) is 0 Å². The Labute approximate surface area is 197 Å². The van der Waals surface area contributed by atoms with Gasteiger partial charge in [-0.3, -0.25) is 5.32 Å². The zero-order valence-electron chi connectivity index (χ0n) is 19.1. The lowest BCUT2D eigenvalue weighted by atomic mass is 9.90. The van der Waals surface area contributed by atoms with E-state index in [1.54, 1.807) is 12.3 Å². The molecular formula is C24H31FN7O2+. The second-order valence-electron chi connectivity index (χ2n) is 9.91. The van der Waals surface area contributed by atoms with Crippen molar-refractivity contribution in [1.29, 1.82) is 0 Å². The van der Waals surface area contributed by atoms with Gasteiger partial charge in [0, 0.05) is 56.1 Å². The van der Waals surface area contributed by atoms with E-state index in [-0.39, 0.29) is 17.8 Å². The molecule has 1 aromatic carbocycles. The fourth-order valence-corrected chi connectivity index (χ4v) is 6.18. The average molecular weight is 469 g/mol. The van der Waals surface area contributed by atoms with Crippen LogP contribution in [-0.2, 0) is 11.2 Å². The van der Waals surface area contributed by atoms with Crippen LogP contribution in [0.25, 0.3) is 0 Å². The molecule has 3 fully saturated rings. The predicted octanol–water partition coefficient (Wildman–Crippen LogP) is 0.625. The first-order valence-electron chi connectivity index (χ1n) is 12.3. The maximum atomic E-state index is 14.9. The lowest BCUT2D eigenvalue weighted by Gasteiger charge is -2.39. The molecule has 2 atom stereocenters. The number of anilines is 4. The maximum absolute atomic E-state index is 14.9. The molecule has 1 spiro atoms. The van der Waals surface area contributed by atoms with E-state index in [9.17, 15) is 14.3 Å². The second-order valence-corrected chi connectivity index (χ2v) is 9.91. The number of benzene rings is 1. The number of aromatic nitrogens is 2. The van der Waals surface area contributed by atoms with Crippen molar-refractivity contribution in [3.05, 3.63) is 35.8 Å². The highest BCUT2D eigenvalue weighted by Gasteiger charge is 2.60. The minimum atomic E-state index is -0.821. The van der Waals surface area contributed by atoms with Gasteiger partial charge in [0.05, 0.1) is 12.1 Å². The quantitative estimate of drug-likeness (QED) is 0.517. The van der Waals surface area contributed by atoms with Crippen LogP contribution in [0.4, 0.5) is 27.5 Å². The molecule has 4 aliphatic rings. The van der Waals surface area contributed by atoms with E-state index in [0.29, 0.717) is 30.2 Å². The van der Waals surface area contributed by atoms with Crippen molar-refractivity contribution in [2.24, 2.45) is 0 Å². The topological polar surface area (TPSA) is 110 Å². The third-order valence-corrected chi connectivity index (χ3v) is 7.77. The van der Waals surface area contributed by atoms with E-state index < -0.39 is 11.8 Å². The molecular weight excluding hydrogens is 437 g/mol. The number of nitrogens with two attached hydrogens (primary N) is 1. The Morgan fingerprint density at radius 3 is 2.71 bits per heavy atom. The number of piperazine rings is 1. The highest BCUT2D eigenvalue weighted by Crippen LogP contribution is 2.46. The van der Waals surface area contributed by atoms with Crippen LogP contribution in [0.3, 0.4) is 0 Å². The molecule has 1 aliphatic carbocycles. The number of rotatable bonds is 4. The Balaban J connectivity index is 1.28. The SMILES string of the molecule is O=C1CC2(Cc3cnc(Nc4ccc(N5CCNCC5)c(F)c4)nc3N2C2CCCC2)C(O)[NH2+]1. The Morgan fingerprint density at radius 2 is 2.00 bits per heavy atom. The van der Waals surface area contributed by atoms with Crippen LogP contribution < -0.4 is 25.8 Å². The zero-order valence-corrected chi connectivity index (χ0v) is 19.1. The molecule has 1 amide bonds. The Hall–Kier alpha value is -2.82. The lowest BCUT2D eigenvalue weighted by molar-refractivity contribution is -0.638. The van der Waals surface area contributed by atoms with Gasteiger partial charge in [-0.25, -0.2) is 14.2 Å². The molecule has 4 heterocycles. The summed E-state index contributed by atoms with van der Waals surface area (Å²) in [4.78, 5) is 25.8. The number of hydrogen-bond acceptors (Lipinski definition) is 8. The normalized spacial score (nSPS) is 27.1. The summed E-state index contributed by atoms with van der Waals surface area (Å²) in [5.74, 6) is 0.873. The number of hydrogen-bond donors (Lipinski definition) is 4. The Kier molecular flexibility index (Phi) is 5.39. The first-order chi connectivity index (χ1) is 16.5. The third kappa shape index (κ3) is 3.60. The van der Waals surface area contributed by atoms with Crippen LogP contribution in [0.5, 0.6) is 0 Å². The van der Waals surface area contributed by atoms with E-state index in [0.717, 1.165) is 63.2 Å². The minimum Gasteiger partial charge on any atom is -0.367 e. The average Bonchev–Trinajstić information content (AvgIpc) is 3.52. The number of nitrogens with zero attached hydrogens (tertiary/aromatic N) is 4. The molecule has 1 aromatic heterocycles. The Bertz CT molecular complexity index is 1100. The number of carbonyl (C=O) groups is 1. The molecule has 2 saturated heterocycles. The van der Waals surface area contributed by atoms with Crippen molar-refractivity contribution in [1.82, 2.24) is 15.3 Å². The summed E-state index contributed by atoms with van der Waals surface area (Å²) in [6.07, 6.45) is 6.12. The molecule has 0 bridgehead atoms. The van der Waals surface area contributed by atoms with Crippen molar-refractivity contribution in [3.63, 3.8) is 0 Å². The van der Waals surface area contributed by atoms with E-state index in [2.05, 4.69) is 20.5 Å². The highest BCUT2D eigenvalue weighted by atomic mass is 19.1. The molecule has 5 N–H and O–H groups in total. The minimum absolute atomic E-state index is 0.0188. The number of primary amides is 1. The molecule has 2 unspecified atom stereocenters. The number of aliphatic hydroxyl groups excluding tert-OH is 1. The summed E-state index contributed by atoms with van der Waals surface area (Å²) in [7, 11) is 0. The fraction of sp³-hybridized carbons (Fsp3) is 0.542. The lowest BCUT2D eigenvalue weighted by Crippen LogP contribution is -2.92. The number of amides is 1. The van der Waals surface area contributed by atoms with E-state index in [4.69, 9.17) is 4.98 Å². The summed E-state index contributed by atoms with van der Waals surface area (Å²) in [5, 5.41) is 18.8. The molecule has 0 radical (unpaired) electrons. The van der Waals surface area contributed by atoms with E-state index in [1.807, 2.05) is 11.0 Å². The van der Waals surface area contributed by atoms with Gasteiger partial charge in [-0.2, -0.15) is 4.98 Å². The van der Waals surface area contributed by atoms with Gasteiger partial charge in [0.2, 0.25) is 12.2 Å². The van der Waals surface area contributed by atoms with E-state index in [1.165, 1.54) is 11.4 Å². The monoisotopic (exact) mass is 468 g/mol. The van der Waals surface area contributed by atoms with Crippen LogP contribution in [0.1, 0.15) is 37.7 Å². The van der Waals surface area contributed by atoms with Gasteiger partial charge in [-0.15, -0.1) is 0 Å². The molecule has 34 heavy (non-hydrogen) atoms. The number of halogens is 1. The van der Waals surface area contributed by atoms with Gasteiger partial charge in [0.1, 0.15) is 17.2 Å². The molecule has 6 rings (SSSR count). The number of carbonyl (C=O) groups excluding carboxylic acids is 1. The molecule has 1 saturated carbocycles. The molecule has 9 nitrogen and oxygen atoms in total. The molecule has 180 valence electrons. The Morgan fingerprint density at radius 1 is 1.21 bits per heavy atom. The fourth-order valence-electron chi connectivity index (χ4n) is 6.18. The van der Waals surface area contributed by atoms with Gasteiger partial charge >= 0.3 is 5.91 Å². The molecule has 3 aliphatic heterocycles. The van der Waals surface area contributed by atoms with Crippen LogP contribution in [-0.4, -0.2) is 65.0 Å². The first-order valence-corrected chi connectivity index (χ1v) is 12.3. The summed E-state index contributed by atoms with van der Waals surface area (Å²) in [6.45, 7) is 3.25. The standard InChI is InChI=1S/C24H30FN7O2/c25-18-11-16(5-6-19(18)31-9-7-26-8-10-31)28-23-27-14-15-12-24(13-20(33)29-22(24)34)32(21(15)30-23)17-3-1-2-4-17/h5-6,11,14,17,22,26,34H,1-4,7-10,12-13H2,(H,29,33)(H,27,28,30)/p+1. The van der Waals surface area contributed by atoms with Crippen LogP contribution in [0.15, 0.2) is 24.4 Å². The van der Waals surface area contributed by atoms with Crippen LogP contribution in [0, 0.1) is 5.82 Å². The molecule has 10 heteroatoms. The van der Waals surface area contributed by atoms with Crippen LogP contribution >= 0.6 is 0 Å². The van der Waals surface area contributed by atoms with Gasteiger partial charge in [0.15, 0.2) is 0 Å². The van der Waals surface area contributed by atoms with Crippen molar-refractivity contribution < 1.29 is 19.6 Å². The summed E-state index contributed by atoms with van der Waals surface area (Å²) >= 11 is 0. The van der Waals surface area contributed by atoms with Crippen molar-refractivity contribution in [3.8, 4) is 0 Å². The summed E-state index contributed by atoms with van der Waals surface area (Å²) < 4.78 is 14.9. The maximum Gasteiger partial charge on any atom is 0.315 e. The number of nitrogens with one attached hydrogen (secondary N) is 2. The number of aliphatic hydroxyl groups is 1. The second kappa shape index (κ2) is 8.44. The van der Waals surface area contributed by atoms with E-state index >= 15 is 0 Å². The van der Waals surface area contributed by atoms with Crippen LogP contribution in [0.2, 0.25) is 0 Å². The van der Waals surface area contributed by atoms with Crippen molar-refractivity contribution >= 4 is 29.0 Å². The smallest absolute Gasteiger partial charge is 0.315 e. The van der Waals surface area contributed by atoms with Crippen molar-refractivity contribution in [2.45, 2.75) is 56.3 Å². The highest BCUT2D eigenvalue weighted by molar-refractivity contribution is 5.74. The zero-order chi connectivity index (χ0) is 23.3. The van der Waals surface area contributed by atoms with Gasteiger partial charge in [-0.05, 0) is 31.0 Å². The number of quaternary nitrogens is 1. The largest absolute Gasteiger partial charge is 0.367 e. The molecule has 2 aromatic rings. The van der Waals surface area contributed by atoms with Gasteiger partial charge < -0.3 is 25.5 Å². The first kappa shape index (κ1) is 21.7. The third-order valence-electron chi connectivity index (χ3n) is 7.77. The summed E-state index contributed by atoms with van der Waals surface area (Å²) in [5.41, 5.74) is 1.46. The number of fused-ring (bicyclic) bond motifs is 1.